The van der Waals surface area contributed by atoms with Gasteiger partial charge in [-0.2, -0.15) is 0 Å². The third-order valence-corrected chi connectivity index (χ3v) is 4.54. The molecule has 0 saturated carbocycles. The van der Waals surface area contributed by atoms with Gasteiger partial charge in [-0.25, -0.2) is 9.78 Å². The summed E-state index contributed by atoms with van der Waals surface area (Å²) in [5.41, 5.74) is 0.903. The summed E-state index contributed by atoms with van der Waals surface area (Å²) in [6, 6.07) is 0. The van der Waals surface area contributed by atoms with Crippen molar-refractivity contribution in [2.45, 2.75) is 44.1 Å². The molecule has 0 unspecified atom stereocenters. The largest absolute Gasteiger partial charge is 0.329 e. The van der Waals surface area contributed by atoms with E-state index < -0.39 is 11.2 Å². The van der Waals surface area contributed by atoms with Crippen LogP contribution in [0.1, 0.15) is 27.2 Å². The standard InChI is InChI=1S/C14H20N4O2S/c1-6-9(4)21-14-15-11-10(18(14)7-8(2)3)12(19)16-13(20)17(11)5/h9H,2,6-7H2,1,3-5H3,(H,16,19,20)/t9-/m0/s1. The highest BCUT2D eigenvalue weighted by molar-refractivity contribution is 7.99. The molecule has 21 heavy (non-hydrogen) atoms. The van der Waals surface area contributed by atoms with E-state index in [9.17, 15) is 9.59 Å². The number of imidazole rings is 1. The zero-order valence-electron chi connectivity index (χ0n) is 12.8. The van der Waals surface area contributed by atoms with E-state index in [0.717, 1.165) is 17.2 Å². The van der Waals surface area contributed by atoms with Crippen LogP contribution in [0.3, 0.4) is 0 Å². The summed E-state index contributed by atoms with van der Waals surface area (Å²) in [6.45, 7) is 10.5. The number of allylic oxidation sites excluding steroid dienone is 1. The lowest BCUT2D eigenvalue weighted by Gasteiger charge is -2.11. The van der Waals surface area contributed by atoms with E-state index >= 15 is 0 Å². The molecular formula is C14H20N4O2S. The normalized spacial score (nSPS) is 12.8. The highest BCUT2D eigenvalue weighted by Gasteiger charge is 2.18. The molecule has 0 aliphatic rings. The second kappa shape index (κ2) is 5.93. The Labute approximate surface area is 126 Å². The minimum atomic E-state index is -0.451. The maximum atomic E-state index is 12.2. The molecule has 0 spiro atoms. The fourth-order valence-electron chi connectivity index (χ4n) is 1.98. The number of hydrogen-bond donors (Lipinski definition) is 1. The number of thioether (sulfide) groups is 1. The highest BCUT2D eigenvalue weighted by atomic mass is 32.2. The van der Waals surface area contributed by atoms with E-state index in [4.69, 9.17) is 0 Å². The molecular weight excluding hydrogens is 288 g/mol. The quantitative estimate of drug-likeness (QED) is 0.676. The van der Waals surface area contributed by atoms with E-state index in [1.54, 1.807) is 18.8 Å². The van der Waals surface area contributed by atoms with Crippen molar-refractivity contribution < 1.29 is 0 Å². The number of fused-ring (bicyclic) bond motifs is 1. The van der Waals surface area contributed by atoms with E-state index in [-0.39, 0.29) is 0 Å². The van der Waals surface area contributed by atoms with E-state index in [1.165, 1.54) is 4.57 Å². The van der Waals surface area contributed by atoms with Gasteiger partial charge in [-0.1, -0.05) is 37.8 Å². The van der Waals surface area contributed by atoms with Crippen molar-refractivity contribution in [3.63, 3.8) is 0 Å². The number of hydrogen-bond acceptors (Lipinski definition) is 4. The summed E-state index contributed by atoms with van der Waals surface area (Å²) in [4.78, 5) is 30.7. The summed E-state index contributed by atoms with van der Waals surface area (Å²) >= 11 is 1.60. The molecule has 7 heteroatoms. The molecule has 0 amide bonds. The van der Waals surface area contributed by atoms with Crippen LogP contribution in [0.25, 0.3) is 11.2 Å². The zero-order chi connectivity index (χ0) is 15.7. The first-order chi connectivity index (χ1) is 9.85. The Morgan fingerprint density at radius 1 is 1.48 bits per heavy atom. The van der Waals surface area contributed by atoms with Crippen molar-refractivity contribution in [2.75, 3.05) is 0 Å². The molecule has 0 aliphatic heterocycles. The lowest BCUT2D eigenvalue weighted by molar-refractivity contribution is 0.715. The molecule has 2 aromatic heterocycles. The van der Waals surface area contributed by atoms with Gasteiger partial charge in [0.2, 0.25) is 0 Å². The van der Waals surface area contributed by atoms with Gasteiger partial charge in [-0.05, 0) is 13.3 Å². The van der Waals surface area contributed by atoms with Gasteiger partial charge >= 0.3 is 5.69 Å². The second-order valence-electron chi connectivity index (χ2n) is 5.26. The third kappa shape index (κ3) is 2.97. The zero-order valence-corrected chi connectivity index (χ0v) is 13.6. The Hall–Kier alpha value is -1.76. The number of aromatic nitrogens is 4. The molecule has 0 saturated heterocycles. The van der Waals surface area contributed by atoms with Gasteiger partial charge in [-0.15, -0.1) is 0 Å². The fraction of sp³-hybridized carbons (Fsp3) is 0.500. The molecule has 1 atom stereocenters. The summed E-state index contributed by atoms with van der Waals surface area (Å²) in [7, 11) is 1.61. The number of nitrogens with one attached hydrogen (secondary N) is 1. The van der Waals surface area contributed by atoms with E-state index in [2.05, 4.69) is 30.4 Å². The number of rotatable bonds is 5. The van der Waals surface area contributed by atoms with E-state index in [1.807, 2.05) is 11.5 Å². The molecule has 1 N–H and O–H groups in total. The van der Waals surface area contributed by atoms with Gasteiger partial charge in [0.15, 0.2) is 16.3 Å². The molecule has 2 heterocycles. The lowest BCUT2D eigenvalue weighted by Crippen LogP contribution is -2.29. The molecule has 0 aliphatic carbocycles. The summed E-state index contributed by atoms with van der Waals surface area (Å²) < 4.78 is 3.21. The Kier molecular flexibility index (Phi) is 4.41. The molecule has 2 rings (SSSR count). The van der Waals surface area contributed by atoms with Gasteiger partial charge < -0.3 is 4.57 Å². The van der Waals surface area contributed by atoms with Crippen LogP contribution in [0.15, 0.2) is 26.9 Å². The minimum absolute atomic E-state index is 0.377. The summed E-state index contributed by atoms with van der Waals surface area (Å²) in [6.07, 6.45) is 0.996. The maximum Gasteiger partial charge on any atom is 0.329 e. The van der Waals surface area contributed by atoms with Crippen molar-refractivity contribution in [1.82, 2.24) is 19.1 Å². The van der Waals surface area contributed by atoms with Gasteiger partial charge in [0.05, 0.1) is 0 Å². The first-order valence-corrected chi connectivity index (χ1v) is 7.73. The first-order valence-electron chi connectivity index (χ1n) is 6.85. The SMILES string of the molecule is C=C(C)Cn1c(S[C@@H](C)CC)nc2c1c(=O)[nH]c(=O)n2C. The van der Waals surface area contributed by atoms with Crippen LogP contribution in [0.5, 0.6) is 0 Å². The number of H-pyrrole nitrogens is 1. The monoisotopic (exact) mass is 308 g/mol. The van der Waals surface area contributed by atoms with Crippen LogP contribution in [-0.2, 0) is 13.6 Å². The average Bonchev–Trinajstić information content (AvgIpc) is 2.74. The van der Waals surface area contributed by atoms with Crippen LogP contribution in [0.4, 0.5) is 0 Å². The van der Waals surface area contributed by atoms with Crippen molar-refractivity contribution in [3.8, 4) is 0 Å². The van der Waals surface area contributed by atoms with Crippen molar-refractivity contribution in [2.24, 2.45) is 7.05 Å². The fourth-order valence-corrected chi connectivity index (χ4v) is 2.93. The predicted molar refractivity (Wildman–Crippen MR) is 86.0 cm³/mol. The highest BCUT2D eigenvalue weighted by Crippen LogP contribution is 2.27. The number of aryl methyl sites for hydroxylation is 1. The Morgan fingerprint density at radius 2 is 2.14 bits per heavy atom. The van der Waals surface area contributed by atoms with E-state index in [0.29, 0.717) is 23.0 Å². The van der Waals surface area contributed by atoms with Crippen LogP contribution >= 0.6 is 11.8 Å². The summed E-state index contributed by atoms with van der Waals surface area (Å²) in [5, 5.41) is 1.12. The van der Waals surface area contributed by atoms with Crippen molar-refractivity contribution in [3.05, 3.63) is 33.0 Å². The Morgan fingerprint density at radius 3 is 2.71 bits per heavy atom. The van der Waals surface area contributed by atoms with Crippen LogP contribution in [0, 0.1) is 0 Å². The van der Waals surface area contributed by atoms with Gasteiger partial charge in [0.1, 0.15) is 0 Å². The van der Waals surface area contributed by atoms with Crippen LogP contribution in [0.2, 0.25) is 0 Å². The topological polar surface area (TPSA) is 72.7 Å². The van der Waals surface area contributed by atoms with Crippen molar-refractivity contribution in [1.29, 1.82) is 0 Å². The number of aromatic amines is 1. The molecule has 2 aromatic rings. The third-order valence-electron chi connectivity index (χ3n) is 3.28. The molecule has 6 nitrogen and oxygen atoms in total. The molecule has 0 fully saturated rings. The second-order valence-corrected chi connectivity index (χ2v) is 6.67. The lowest BCUT2D eigenvalue weighted by atomic mass is 10.3. The molecule has 114 valence electrons. The van der Waals surface area contributed by atoms with Crippen molar-refractivity contribution >= 4 is 22.9 Å². The maximum absolute atomic E-state index is 12.2. The molecule has 0 bridgehead atoms. The van der Waals surface area contributed by atoms with Gasteiger partial charge in [-0.3, -0.25) is 14.3 Å². The number of nitrogens with zero attached hydrogens (tertiary/aromatic N) is 3. The van der Waals surface area contributed by atoms with Gasteiger partial charge in [0, 0.05) is 18.8 Å². The summed E-state index contributed by atoms with van der Waals surface area (Å²) in [5.74, 6) is 0. The Bertz CT molecular complexity index is 800. The average molecular weight is 308 g/mol. The predicted octanol–water partition coefficient (Wildman–Crippen LogP) is 1.89. The Balaban J connectivity index is 2.75. The first kappa shape index (κ1) is 15.6. The molecule has 0 aromatic carbocycles. The van der Waals surface area contributed by atoms with Crippen LogP contribution in [-0.4, -0.2) is 24.4 Å². The van der Waals surface area contributed by atoms with Gasteiger partial charge in [0.25, 0.3) is 5.56 Å². The van der Waals surface area contributed by atoms with Crippen LogP contribution < -0.4 is 11.2 Å². The molecule has 0 radical (unpaired) electrons. The minimum Gasteiger partial charge on any atom is -0.309 e. The smallest absolute Gasteiger partial charge is 0.309 e.